The van der Waals surface area contributed by atoms with Crippen molar-refractivity contribution in [3.05, 3.63) is 54.1 Å². The van der Waals surface area contributed by atoms with Gasteiger partial charge in [-0.05, 0) is 42.9 Å². The lowest BCUT2D eigenvalue weighted by atomic mass is 9.90. The Kier molecular flexibility index (Phi) is 8.15. The van der Waals surface area contributed by atoms with Crippen LogP contribution in [0, 0.1) is 5.92 Å². The molecule has 0 radical (unpaired) electrons. The third-order valence-electron chi connectivity index (χ3n) is 5.61. The topological polar surface area (TPSA) is 75.2 Å². The molecule has 1 aliphatic heterocycles. The smallest absolute Gasteiger partial charge is 0.241 e. The minimum atomic E-state index is 0.0911. The number of nitrogens with zero attached hydrogens (tertiary/aromatic N) is 2. The largest absolute Gasteiger partial charge is 0.493 e. The molecule has 0 unspecified atom stereocenters. The molecule has 1 heterocycles. The van der Waals surface area contributed by atoms with Gasteiger partial charge in [0, 0.05) is 31.9 Å². The number of amides is 1. The summed E-state index contributed by atoms with van der Waals surface area (Å²) in [6.45, 7) is 1.82. The van der Waals surface area contributed by atoms with Crippen LogP contribution in [0.25, 0.3) is 0 Å². The first-order valence-corrected chi connectivity index (χ1v) is 10.6. The molecule has 1 saturated heterocycles. The number of piperidine rings is 1. The van der Waals surface area contributed by atoms with Crippen LogP contribution in [0.4, 0.5) is 5.69 Å². The number of methoxy groups -OCH3 is 2. The summed E-state index contributed by atoms with van der Waals surface area (Å²) in [7, 11) is 4.87. The van der Waals surface area contributed by atoms with E-state index in [-0.39, 0.29) is 12.5 Å². The lowest BCUT2D eigenvalue weighted by Gasteiger charge is -2.32. The van der Waals surface area contributed by atoms with E-state index in [9.17, 15) is 4.79 Å². The molecule has 0 aliphatic carbocycles. The van der Waals surface area contributed by atoms with E-state index in [0.717, 1.165) is 38.0 Å². The molecule has 166 valence electrons. The fraction of sp³-hybridized carbons (Fsp3) is 0.417. The average Bonchev–Trinajstić information content (AvgIpc) is 2.82. The van der Waals surface area contributed by atoms with Gasteiger partial charge in [0.15, 0.2) is 17.5 Å². The molecule has 2 N–H and O–H groups in total. The van der Waals surface area contributed by atoms with E-state index >= 15 is 0 Å². The van der Waals surface area contributed by atoms with Crippen molar-refractivity contribution in [3.8, 4) is 11.5 Å². The first kappa shape index (κ1) is 22.5. The molecule has 7 nitrogen and oxygen atoms in total. The van der Waals surface area contributed by atoms with E-state index < -0.39 is 0 Å². The molecule has 0 bridgehead atoms. The maximum absolute atomic E-state index is 12.7. The highest BCUT2D eigenvalue weighted by molar-refractivity contribution is 5.96. The van der Waals surface area contributed by atoms with E-state index in [4.69, 9.17) is 9.47 Å². The molecule has 2 aromatic carbocycles. The zero-order valence-electron chi connectivity index (χ0n) is 18.6. The molecule has 0 saturated carbocycles. The number of hydrogen-bond donors (Lipinski definition) is 2. The van der Waals surface area contributed by atoms with Gasteiger partial charge in [-0.25, -0.2) is 0 Å². The highest BCUT2D eigenvalue weighted by Crippen LogP contribution is 2.29. The normalized spacial score (nSPS) is 14.8. The molecule has 1 aliphatic rings. The second-order valence-electron chi connectivity index (χ2n) is 7.63. The Morgan fingerprint density at radius 1 is 1.06 bits per heavy atom. The lowest BCUT2D eigenvalue weighted by Crippen LogP contribution is -2.45. The van der Waals surface area contributed by atoms with Gasteiger partial charge in [0.05, 0.1) is 20.8 Å². The molecule has 2 aromatic rings. The van der Waals surface area contributed by atoms with Crippen molar-refractivity contribution < 1.29 is 14.3 Å². The van der Waals surface area contributed by atoms with Crippen LogP contribution in [0.1, 0.15) is 18.4 Å². The summed E-state index contributed by atoms with van der Waals surface area (Å²) >= 11 is 0. The number of hydrogen-bond acceptors (Lipinski definition) is 4. The average molecular weight is 425 g/mol. The number of aliphatic imine (C=N–C) groups is 1. The highest BCUT2D eigenvalue weighted by atomic mass is 16.5. The maximum atomic E-state index is 12.7. The Hall–Kier alpha value is -3.22. The summed E-state index contributed by atoms with van der Waals surface area (Å²) in [5.74, 6) is 2.53. The van der Waals surface area contributed by atoms with Crippen LogP contribution in [0.15, 0.2) is 53.5 Å². The van der Waals surface area contributed by atoms with Crippen LogP contribution in [0.5, 0.6) is 11.5 Å². The Morgan fingerprint density at radius 2 is 1.77 bits per heavy atom. The predicted molar refractivity (Wildman–Crippen MR) is 124 cm³/mol. The van der Waals surface area contributed by atoms with Crippen molar-refractivity contribution in [2.45, 2.75) is 19.3 Å². The van der Waals surface area contributed by atoms with Gasteiger partial charge in [0.25, 0.3) is 0 Å². The Balaban J connectivity index is 1.45. The van der Waals surface area contributed by atoms with Crippen LogP contribution in [-0.2, 0) is 11.2 Å². The Bertz CT molecular complexity index is 878. The highest BCUT2D eigenvalue weighted by Gasteiger charge is 2.23. The van der Waals surface area contributed by atoms with Gasteiger partial charge < -0.3 is 25.0 Å². The van der Waals surface area contributed by atoms with E-state index in [1.54, 1.807) is 21.3 Å². The zero-order chi connectivity index (χ0) is 22.1. The number of carbonyl (C=O) groups is 1. The van der Waals surface area contributed by atoms with Crippen molar-refractivity contribution in [1.29, 1.82) is 0 Å². The van der Waals surface area contributed by atoms with Crippen LogP contribution in [-0.4, -0.2) is 57.7 Å². The molecule has 0 spiro atoms. The number of rotatable bonds is 7. The summed E-state index contributed by atoms with van der Waals surface area (Å²) in [5.41, 5.74) is 2.17. The zero-order valence-corrected chi connectivity index (χ0v) is 18.6. The van der Waals surface area contributed by atoms with E-state index in [1.165, 1.54) is 5.56 Å². The van der Waals surface area contributed by atoms with Gasteiger partial charge in [0.2, 0.25) is 5.91 Å². The first-order chi connectivity index (χ1) is 15.1. The van der Waals surface area contributed by atoms with Gasteiger partial charge in [-0.15, -0.1) is 0 Å². The molecular formula is C24H32N4O3. The van der Waals surface area contributed by atoms with E-state index in [0.29, 0.717) is 23.4 Å². The monoisotopic (exact) mass is 424 g/mol. The number of anilines is 1. The number of carbonyl (C=O) groups excluding carboxylic acids is 1. The fourth-order valence-corrected chi connectivity index (χ4v) is 3.83. The molecule has 1 amide bonds. The van der Waals surface area contributed by atoms with E-state index in [1.807, 2.05) is 29.2 Å². The summed E-state index contributed by atoms with van der Waals surface area (Å²) in [6.07, 6.45) is 3.17. The molecule has 7 heteroatoms. The molecular weight excluding hydrogens is 392 g/mol. The number of ether oxygens (including phenoxy) is 2. The number of likely N-dealkylation sites (tertiary alicyclic amines) is 1. The van der Waals surface area contributed by atoms with Crippen LogP contribution in [0.2, 0.25) is 0 Å². The van der Waals surface area contributed by atoms with Crippen molar-refractivity contribution in [2.75, 3.05) is 46.2 Å². The predicted octanol–water partition coefficient (Wildman–Crippen LogP) is 3.17. The van der Waals surface area contributed by atoms with Gasteiger partial charge in [-0.1, -0.05) is 30.3 Å². The van der Waals surface area contributed by atoms with Crippen LogP contribution in [0.3, 0.4) is 0 Å². The second-order valence-corrected chi connectivity index (χ2v) is 7.63. The number of benzene rings is 2. The minimum Gasteiger partial charge on any atom is -0.493 e. The van der Waals surface area contributed by atoms with Crippen LogP contribution < -0.4 is 20.1 Å². The molecule has 0 atom stereocenters. The van der Waals surface area contributed by atoms with Gasteiger partial charge >= 0.3 is 0 Å². The fourth-order valence-electron chi connectivity index (χ4n) is 3.83. The lowest BCUT2D eigenvalue weighted by molar-refractivity contribution is -0.131. The summed E-state index contributed by atoms with van der Waals surface area (Å²) in [5, 5.41) is 6.29. The summed E-state index contributed by atoms with van der Waals surface area (Å²) < 4.78 is 10.6. The SMILES string of the molecule is CN=C(NCC(=O)N1CCC(Cc2ccccc2)CC1)Nc1ccc(OC)c(OC)c1. The number of guanidine groups is 1. The van der Waals surface area contributed by atoms with E-state index in [2.05, 4.69) is 39.9 Å². The van der Waals surface area contributed by atoms with Gasteiger partial charge in [-0.3, -0.25) is 9.79 Å². The third-order valence-corrected chi connectivity index (χ3v) is 5.61. The second kappa shape index (κ2) is 11.2. The Morgan fingerprint density at radius 3 is 2.42 bits per heavy atom. The van der Waals surface area contributed by atoms with Crippen molar-refractivity contribution in [1.82, 2.24) is 10.2 Å². The summed E-state index contributed by atoms with van der Waals surface area (Å²) in [6, 6.07) is 16.1. The molecule has 31 heavy (non-hydrogen) atoms. The van der Waals surface area contributed by atoms with Gasteiger partial charge in [-0.2, -0.15) is 0 Å². The molecule has 0 aromatic heterocycles. The minimum absolute atomic E-state index is 0.0911. The molecule has 1 fully saturated rings. The number of nitrogens with one attached hydrogen (secondary N) is 2. The first-order valence-electron chi connectivity index (χ1n) is 10.6. The maximum Gasteiger partial charge on any atom is 0.241 e. The summed E-state index contributed by atoms with van der Waals surface area (Å²) in [4.78, 5) is 18.8. The van der Waals surface area contributed by atoms with Crippen molar-refractivity contribution >= 4 is 17.6 Å². The molecule has 3 rings (SSSR count). The standard InChI is InChI=1S/C24H32N4O3/c1-25-24(27-20-9-10-21(30-2)22(16-20)31-3)26-17-23(29)28-13-11-19(12-14-28)15-18-7-5-4-6-8-18/h4-10,16,19H,11-15,17H2,1-3H3,(H2,25,26,27). The van der Waals surface area contributed by atoms with Crippen LogP contribution >= 0.6 is 0 Å². The third kappa shape index (κ3) is 6.38. The van der Waals surface area contributed by atoms with Crippen molar-refractivity contribution in [2.24, 2.45) is 10.9 Å². The van der Waals surface area contributed by atoms with Crippen molar-refractivity contribution in [3.63, 3.8) is 0 Å². The van der Waals surface area contributed by atoms with Gasteiger partial charge in [0.1, 0.15) is 0 Å². The Labute approximate surface area is 184 Å². The quantitative estimate of drug-likeness (QED) is 0.528.